The predicted molar refractivity (Wildman–Crippen MR) is 55.3 cm³/mol. The van der Waals surface area contributed by atoms with E-state index in [2.05, 4.69) is 10.3 Å². The number of carbonyl (C=O) groups is 2. The van der Waals surface area contributed by atoms with Crippen molar-refractivity contribution in [3.8, 4) is 0 Å². The number of nitrogens with one attached hydrogen (secondary N) is 1. The van der Waals surface area contributed by atoms with Crippen molar-refractivity contribution in [3.63, 3.8) is 0 Å². The molecule has 1 aromatic heterocycles. The standard InChI is InChI=1S/C11H14N2O3/c1-7(2)9(11(15)16)13-10(14)8-5-3-4-6-12-8/h3-7,9H,1-2H3,(H,13,14)(H,15,16)/p-1. The van der Waals surface area contributed by atoms with E-state index in [1.807, 2.05) is 0 Å². The molecule has 0 aliphatic heterocycles. The van der Waals surface area contributed by atoms with Crippen LogP contribution in [0.15, 0.2) is 24.4 Å². The zero-order valence-corrected chi connectivity index (χ0v) is 9.14. The molecule has 1 rings (SSSR count). The van der Waals surface area contributed by atoms with Crippen LogP contribution < -0.4 is 10.4 Å². The van der Waals surface area contributed by atoms with Crippen molar-refractivity contribution in [3.05, 3.63) is 30.1 Å². The summed E-state index contributed by atoms with van der Waals surface area (Å²) in [4.78, 5) is 26.2. The van der Waals surface area contributed by atoms with Gasteiger partial charge in [-0.2, -0.15) is 0 Å². The molecule has 0 saturated heterocycles. The van der Waals surface area contributed by atoms with Gasteiger partial charge >= 0.3 is 0 Å². The summed E-state index contributed by atoms with van der Waals surface area (Å²) in [6.07, 6.45) is 1.47. The average molecular weight is 221 g/mol. The minimum Gasteiger partial charge on any atom is -0.548 e. The lowest BCUT2D eigenvalue weighted by Crippen LogP contribution is -2.50. The second kappa shape index (κ2) is 5.25. The fourth-order valence-electron chi connectivity index (χ4n) is 1.21. The van der Waals surface area contributed by atoms with E-state index in [1.54, 1.807) is 26.0 Å². The largest absolute Gasteiger partial charge is 0.548 e. The zero-order chi connectivity index (χ0) is 12.1. The molecule has 16 heavy (non-hydrogen) atoms. The second-order valence-electron chi connectivity index (χ2n) is 3.73. The highest BCUT2D eigenvalue weighted by Gasteiger charge is 2.18. The molecule has 1 heterocycles. The number of carboxylic acid groups (broad SMARTS) is 1. The number of hydrogen-bond donors (Lipinski definition) is 1. The van der Waals surface area contributed by atoms with Gasteiger partial charge in [0.15, 0.2) is 0 Å². The normalized spacial score (nSPS) is 12.2. The summed E-state index contributed by atoms with van der Waals surface area (Å²) in [6, 6.07) is 3.84. The Morgan fingerprint density at radius 1 is 1.38 bits per heavy atom. The molecule has 1 aromatic rings. The van der Waals surface area contributed by atoms with Crippen molar-refractivity contribution in [1.82, 2.24) is 10.3 Å². The number of nitrogens with zero attached hydrogens (tertiary/aromatic N) is 1. The molecular formula is C11H13N2O3-. The Morgan fingerprint density at radius 2 is 2.06 bits per heavy atom. The predicted octanol–water partition coefficient (Wildman–Crippen LogP) is -0.414. The fraction of sp³-hybridized carbons (Fsp3) is 0.364. The number of hydrogen-bond acceptors (Lipinski definition) is 4. The van der Waals surface area contributed by atoms with E-state index in [0.717, 1.165) is 0 Å². The van der Waals surface area contributed by atoms with Crippen LogP contribution in [0.2, 0.25) is 0 Å². The first-order valence-corrected chi connectivity index (χ1v) is 4.95. The van der Waals surface area contributed by atoms with Crippen molar-refractivity contribution in [2.75, 3.05) is 0 Å². The van der Waals surface area contributed by atoms with Crippen LogP contribution in [-0.2, 0) is 4.79 Å². The highest BCUT2D eigenvalue weighted by atomic mass is 16.4. The van der Waals surface area contributed by atoms with Crippen molar-refractivity contribution in [2.24, 2.45) is 5.92 Å². The Balaban J connectivity index is 2.74. The maximum Gasteiger partial charge on any atom is 0.270 e. The summed E-state index contributed by atoms with van der Waals surface area (Å²) >= 11 is 0. The molecule has 0 spiro atoms. The van der Waals surface area contributed by atoms with E-state index in [9.17, 15) is 14.7 Å². The average Bonchev–Trinajstić information content (AvgIpc) is 2.25. The highest BCUT2D eigenvalue weighted by molar-refractivity contribution is 5.94. The van der Waals surface area contributed by atoms with Crippen LogP contribution in [0.25, 0.3) is 0 Å². The van der Waals surface area contributed by atoms with Gasteiger partial charge in [-0.15, -0.1) is 0 Å². The lowest BCUT2D eigenvalue weighted by atomic mass is 10.0. The molecule has 0 radical (unpaired) electrons. The molecule has 0 saturated carbocycles. The van der Waals surface area contributed by atoms with E-state index >= 15 is 0 Å². The Labute approximate surface area is 93.5 Å². The first-order valence-electron chi connectivity index (χ1n) is 4.95. The third kappa shape index (κ3) is 3.05. The van der Waals surface area contributed by atoms with Gasteiger partial charge in [0, 0.05) is 6.20 Å². The van der Waals surface area contributed by atoms with Crippen molar-refractivity contribution >= 4 is 11.9 Å². The molecule has 1 N–H and O–H groups in total. The van der Waals surface area contributed by atoms with E-state index in [0.29, 0.717) is 0 Å². The van der Waals surface area contributed by atoms with Gasteiger partial charge in [0.2, 0.25) is 0 Å². The maximum absolute atomic E-state index is 11.6. The lowest BCUT2D eigenvalue weighted by Gasteiger charge is -2.22. The lowest BCUT2D eigenvalue weighted by molar-refractivity contribution is -0.309. The molecule has 0 aliphatic carbocycles. The van der Waals surface area contributed by atoms with Crippen LogP contribution >= 0.6 is 0 Å². The number of amides is 1. The monoisotopic (exact) mass is 221 g/mol. The molecule has 0 aromatic carbocycles. The molecule has 1 amide bonds. The van der Waals surface area contributed by atoms with E-state index in [4.69, 9.17) is 0 Å². The maximum atomic E-state index is 11.6. The Hall–Kier alpha value is -1.91. The van der Waals surface area contributed by atoms with Gasteiger partial charge in [0.25, 0.3) is 5.91 Å². The third-order valence-corrected chi connectivity index (χ3v) is 2.10. The van der Waals surface area contributed by atoms with Crippen molar-refractivity contribution in [1.29, 1.82) is 0 Å². The molecule has 0 aliphatic rings. The Bertz CT molecular complexity index is 376. The van der Waals surface area contributed by atoms with Gasteiger partial charge in [0.05, 0.1) is 12.0 Å². The molecule has 0 fully saturated rings. The first-order chi connectivity index (χ1) is 7.52. The number of pyridine rings is 1. The summed E-state index contributed by atoms with van der Waals surface area (Å²) < 4.78 is 0. The molecule has 5 nitrogen and oxygen atoms in total. The van der Waals surface area contributed by atoms with Crippen LogP contribution in [0.4, 0.5) is 0 Å². The van der Waals surface area contributed by atoms with Crippen LogP contribution in [0.5, 0.6) is 0 Å². The van der Waals surface area contributed by atoms with Gasteiger partial charge in [-0.3, -0.25) is 9.78 Å². The second-order valence-corrected chi connectivity index (χ2v) is 3.73. The van der Waals surface area contributed by atoms with Gasteiger partial charge in [-0.05, 0) is 18.1 Å². The minimum absolute atomic E-state index is 0.189. The summed E-state index contributed by atoms with van der Waals surface area (Å²) in [7, 11) is 0. The van der Waals surface area contributed by atoms with Gasteiger partial charge < -0.3 is 15.2 Å². The van der Waals surface area contributed by atoms with Crippen LogP contribution in [0.1, 0.15) is 24.3 Å². The van der Waals surface area contributed by atoms with Crippen LogP contribution in [0, 0.1) is 5.92 Å². The minimum atomic E-state index is -1.29. The van der Waals surface area contributed by atoms with Gasteiger partial charge in [0.1, 0.15) is 5.69 Å². The van der Waals surface area contributed by atoms with Crippen LogP contribution in [-0.4, -0.2) is 22.9 Å². The van der Waals surface area contributed by atoms with Gasteiger partial charge in [-0.1, -0.05) is 19.9 Å². The van der Waals surface area contributed by atoms with E-state index < -0.39 is 17.9 Å². The van der Waals surface area contributed by atoms with Crippen molar-refractivity contribution < 1.29 is 14.7 Å². The zero-order valence-electron chi connectivity index (χ0n) is 9.14. The van der Waals surface area contributed by atoms with Crippen LogP contribution in [0.3, 0.4) is 0 Å². The third-order valence-electron chi connectivity index (χ3n) is 2.10. The molecule has 1 unspecified atom stereocenters. The summed E-state index contributed by atoms with van der Waals surface area (Å²) in [6.45, 7) is 3.39. The summed E-state index contributed by atoms with van der Waals surface area (Å²) in [5.74, 6) is -2.04. The van der Waals surface area contributed by atoms with E-state index in [-0.39, 0.29) is 11.6 Å². The summed E-state index contributed by atoms with van der Waals surface area (Å²) in [5.41, 5.74) is 0.189. The van der Waals surface area contributed by atoms with Crippen molar-refractivity contribution in [2.45, 2.75) is 19.9 Å². The Morgan fingerprint density at radius 3 is 2.50 bits per heavy atom. The smallest absolute Gasteiger partial charge is 0.270 e. The first kappa shape index (κ1) is 12.2. The number of carbonyl (C=O) groups excluding carboxylic acids is 2. The molecular weight excluding hydrogens is 208 g/mol. The topological polar surface area (TPSA) is 82.1 Å². The number of rotatable bonds is 4. The SMILES string of the molecule is CC(C)C(NC(=O)c1ccccn1)C(=O)[O-]. The quantitative estimate of drug-likeness (QED) is 0.749. The summed E-state index contributed by atoms with van der Waals surface area (Å²) in [5, 5.41) is 13.1. The van der Waals surface area contributed by atoms with Gasteiger partial charge in [-0.25, -0.2) is 0 Å². The molecule has 86 valence electrons. The Kier molecular flexibility index (Phi) is 3.99. The molecule has 1 atom stereocenters. The molecule has 5 heteroatoms. The highest BCUT2D eigenvalue weighted by Crippen LogP contribution is 2.02. The number of aromatic nitrogens is 1. The van der Waals surface area contributed by atoms with E-state index in [1.165, 1.54) is 12.3 Å². The molecule has 0 bridgehead atoms. The fourth-order valence-corrected chi connectivity index (χ4v) is 1.21. The number of carboxylic acids is 1. The number of aliphatic carboxylic acids is 1.